The van der Waals surface area contributed by atoms with Gasteiger partial charge in [-0.05, 0) is 62.5 Å². The largest absolute Gasteiger partial charge is 0.719 e. The van der Waals surface area contributed by atoms with E-state index in [0.717, 1.165) is 98.6 Å². The molecule has 10 N–H and O–H groups in total. The molecule has 0 heterocycles. The highest BCUT2D eigenvalue weighted by molar-refractivity contribution is 8.59. The molecule has 54 heavy (non-hydrogen) atoms. The van der Waals surface area contributed by atoms with E-state index in [0.29, 0.717) is 49.4 Å². The number of aliphatic hydroxyl groups is 4. The Labute approximate surface area is 348 Å². The van der Waals surface area contributed by atoms with Gasteiger partial charge in [0.25, 0.3) is 0 Å². The number of amides is 2. The standard InChI is InChI=1S/2C18H34N2O3S2.C2H5N.H3N/c2*1-3-6-14-8-5-9-15(7-4-2)11-18(23,10-14)16(12-21)19-20-17(22)13-25-24;1-2-3;/h2*14-15,21,23-24H,3-13H2,1-2H3,(H,20,22);2-3H,1H3;1H3/p-2/b2*19-16+;;/i/hD2. The highest BCUT2D eigenvalue weighted by Crippen LogP contribution is 2.39. The van der Waals surface area contributed by atoms with E-state index in [1.165, 1.54) is 19.1 Å². The third kappa shape index (κ3) is 22.8. The average molecular weight is 841 g/mol. The van der Waals surface area contributed by atoms with E-state index < -0.39 is 11.2 Å². The van der Waals surface area contributed by atoms with Crippen LogP contribution in [0.15, 0.2) is 10.2 Å². The Morgan fingerprint density at radius 3 is 1.22 bits per heavy atom. The Bertz CT molecular complexity index is 1000. The normalized spacial score (nSPS) is 27.0. The predicted molar refractivity (Wildman–Crippen MR) is 234 cm³/mol. The second kappa shape index (κ2) is 33.2. The van der Waals surface area contributed by atoms with Crippen LogP contribution in [0.25, 0.3) is 0 Å². The molecule has 2 amide bonds. The number of nitrogens with one attached hydrogen (secondary N) is 3. The molecule has 2 rings (SSSR count). The lowest BCUT2D eigenvalue weighted by atomic mass is 9.72. The fourth-order valence-electron chi connectivity index (χ4n) is 7.97. The van der Waals surface area contributed by atoms with Gasteiger partial charge < -0.3 is 76.9 Å². The van der Waals surface area contributed by atoms with E-state index in [9.17, 15) is 30.0 Å². The molecular weight excluding hydrogens is 765 g/mol. The summed E-state index contributed by atoms with van der Waals surface area (Å²) >= 11 is 9.43. The van der Waals surface area contributed by atoms with Crippen molar-refractivity contribution in [1.82, 2.24) is 17.0 Å². The van der Waals surface area contributed by atoms with Gasteiger partial charge in [0.2, 0.25) is 11.8 Å². The molecule has 0 spiro atoms. The van der Waals surface area contributed by atoms with Crippen LogP contribution in [0, 0.1) is 29.1 Å². The first kappa shape index (κ1) is 51.2. The van der Waals surface area contributed by atoms with Crippen LogP contribution < -0.4 is 17.0 Å². The van der Waals surface area contributed by atoms with Crippen molar-refractivity contribution in [3.63, 3.8) is 0 Å². The van der Waals surface area contributed by atoms with E-state index in [1.807, 2.05) is 0 Å². The van der Waals surface area contributed by atoms with Gasteiger partial charge >= 0.3 is 0 Å². The van der Waals surface area contributed by atoms with Crippen molar-refractivity contribution >= 4 is 74.4 Å². The Morgan fingerprint density at radius 1 is 0.741 bits per heavy atom. The van der Waals surface area contributed by atoms with Crippen LogP contribution in [0.2, 0.25) is 2.82 Å². The fourth-order valence-corrected chi connectivity index (χ4v) is 8.96. The first-order valence-electron chi connectivity index (χ1n) is 20.7. The van der Waals surface area contributed by atoms with Crippen LogP contribution in [0.5, 0.6) is 0 Å². The van der Waals surface area contributed by atoms with Gasteiger partial charge in [-0.15, -0.1) is 0 Å². The number of hydrogen-bond acceptors (Lipinski definition) is 14. The van der Waals surface area contributed by atoms with E-state index in [2.05, 4.69) is 60.3 Å². The lowest BCUT2D eigenvalue weighted by molar-refractivity contribution is -0.119. The second-order valence-corrected chi connectivity index (χ2v) is 17.1. The molecule has 2 saturated carbocycles. The maximum Gasteiger partial charge on any atom is 0.248 e. The molecular formula is C38H74N6O6S4-2. The zero-order chi connectivity index (χ0) is 42.8. The molecule has 318 valence electrons. The molecule has 0 bridgehead atoms. The summed E-state index contributed by atoms with van der Waals surface area (Å²) < 4.78 is 11.3. The van der Waals surface area contributed by atoms with Crippen LogP contribution >= 0.6 is 21.6 Å². The first-order valence-corrected chi connectivity index (χ1v) is 23.5. The van der Waals surface area contributed by atoms with Gasteiger partial charge in [-0.3, -0.25) is 9.59 Å². The minimum atomic E-state index is -1.15. The summed E-state index contributed by atoms with van der Waals surface area (Å²) in [5.74, 6) is 1.34. The summed E-state index contributed by atoms with van der Waals surface area (Å²) in [6, 6.07) is 0. The number of carbonyl (C=O) groups excluding carboxylic acids is 2. The van der Waals surface area contributed by atoms with Crippen molar-refractivity contribution < 1.29 is 32.8 Å². The first-order chi connectivity index (χ1) is 26.9. The minimum absolute atomic E-state index is 0.132. The molecule has 0 aromatic heterocycles. The molecule has 0 aromatic carbocycles. The van der Waals surface area contributed by atoms with Gasteiger partial charge in [-0.1, -0.05) is 118 Å². The topological polar surface area (TPSA) is 223 Å². The molecule has 0 aromatic rings. The monoisotopic (exact) mass is 840 g/mol. The van der Waals surface area contributed by atoms with E-state index >= 15 is 0 Å². The highest BCUT2D eigenvalue weighted by atomic mass is 33.1. The number of hydrogen-bond donors (Lipinski definition) is 8. The fraction of sp³-hybridized carbons (Fsp3) is 0.868. The van der Waals surface area contributed by atoms with Crippen LogP contribution in [0.3, 0.4) is 0 Å². The van der Waals surface area contributed by atoms with Crippen molar-refractivity contribution in [1.29, 1.82) is 5.40 Å². The van der Waals surface area contributed by atoms with Gasteiger partial charge in [0.15, 0.2) is 1.41 Å². The molecule has 0 saturated heterocycles. The zero-order valence-corrected chi connectivity index (χ0v) is 36.9. The van der Waals surface area contributed by atoms with Crippen LogP contribution in [0.1, 0.15) is 150 Å². The third-order valence-electron chi connectivity index (χ3n) is 10.1. The molecule has 0 aliphatic heterocycles. The number of hydrazone groups is 2. The Hall–Kier alpha value is -0.850. The molecule has 2 aliphatic rings. The van der Waals surface area contributed by atoms with Gasteiger partial charge in [0.1, 0.15) is 12.6 Å². The number of aliphatic hydroxyl groups excluding tert-OH is 2. The Balaban J connectivity index is 0. The van der Waals surface area contributed by atoms with Gasteiger partial charge in [0, 0.05) is 0 Å². The number of rotatable bonds is 18. The lowest BCUT2D eigenvalue weighted by Gasteiger charge is -2.38. The van der Waals surface area contributed by atoms with Gasteiger partial charge in [-0.25, -0.2) is 10.9 Å². The third-order valence-corrected chi connectivity index (χ3v) is 11.6. The molecule has 16 heteroatoms. The summed E-state index contributed by atoms with van der Waals surface area (Å²) in [5, 5.41) is 53.4. The minimum Gasteiger partial charge on any atom is -0.719 e. The van der Waals surface area contributed by atoms with Crippen LogP contribution in [0.4, 0.5) is 0 Å². The maximum atomic E-state index is 11.6. The van der Waals surface area contributed by atoms with Crippen LogP contribution in [-0.2, 0) is 32.9 Å². The molecule has 12 nitrogen and oxygen atoms in total. The van der Waals surface area contributed by atoms with Gasteiger partial charge in [0.05, 0.1) is 36.1 Å². The molecule has 2 fully saturated rings. The average Bonchev–Trinajstić information content (AvgIpc) is 3.15. The second-order valence-electron chi connectivity index (χ2n) is 14.6. The molecule has 4 unspecified atom stereocenters. The Morgan fingerprint density at radius 2 is 1.02 bits per heavy atom. The summed E-state index contributed by atoms with van der Waals surface area (Å²) in [7, 11) is 2.00. The summed E-state index contributed by atoms with van der Waals surface area (Å²) in [6.45, 7) is 9.63. The Kier molecular flexibility index (Phi) is 31.4. The summed E-state index contributed by atoms with van der Waals surface area (Å²) in [4.78, 5) is 23.3. The quantitative estimate of drug-likeness (QED) is 0.0299. The molecule has 0 radical (unpaired) electrons. The van der Waals surface area contributed by atoms with Crippen molar-refractivity contribution in [3.8, 4) is 0 Å². The van der Waals surface area contributed by atoms with Crippen molar-refractivity contribution in [2.24, 2.45) is 33.9 Å². The highest BCUT2D eigenvalue weighted by Gasteiger charge is 2.40. The predicted octanol–water partition coefficient (Wildman–Crippen LogP) is 7.17. The van der Waals surface area contributed by atoms with E-state index in [-0.39, 0.29) is 48.0 Å². The molecule has 2 aliphatic carbocycles. The van der Waals surface area contributed by atoms with Crippen LogP contribution in [-0.4, -0.2) is 85.8 Å². The zero-order valence-electron chi connectivity index (χ0n) is 35.6. The lowest BCUT2D eigenvalue weighted by Crippen LogP contribution is -2.46. The van der Waals surface area contributed by atoms with Crippen molar-refractivity contribution in [2.45, 2.75) is 161 Å². The summed E-state index contributed by atoms with van der Waals surface area (Å²) in [6.07, 6.45) is 23.0. The maximum absolute atomic E-state index is 11.6. The SMILES string of the molecule is CCCC1CCCC(CCC)CC(O)(/C(CO)=N/NC(=O)CS[S-])C1.CCCC1CCCC(CCC)CC(O)(/C(CO)=N/NC(=O)CS[S-])C1.[2H]N.[2H]N=CC. The smallest absolute Gasteiger partial charge is 0.248 e. The molecule has 4 atom stereocenters. The van der Waals surface area contributed by atoms with Crippen molar-refractivity contribution in [3.05, 3.63) is 0 Å². The van der Waals surface area contributed by atoms with E-state index in [1.54, 1.807) is 6.92 Å². The number of carbonyl (C=O) groups is 2. The number of nitrogens with zero attached hydrogens (tertiary/aromatic N) is 2. The van der Waals surface area contributed by atoms with Gasteiger partial charge in [-0.2, -0.15) is 10.2 Å². The summed E-state index contributed by atoms with van der Waals surface area (Å²) in [5.41, 5.74) is 3.11. The van der Waals surface area contributed by atoms with E-state index in [4.69, 9.17) is 26.1 Å². The van der Waals surface area contributed by atoms with Crippen molar-refractivity contribution in [2.75, 3.05) is 24.7 Å².